The number of fused-ring (bicyclic) bond motifs is 2. The van der Waals surface area contributed by atoms with Crippen LogP contribution in [-0.2, 0) is 4.79 Å². The van der Waals surface area contributed by atoms with Gasteiger partial charge in [-0.3, -0.25) is 9.69 Å². The number of carbonyl (C=O) groups excluding carboxylic acids is 1. The van der Waals surface area contributed by atoms with Crippen molar-refractivity contribution >= 4 is 23.1 Å². The first kappa shape index (κ1) is 23.9. The third-order valence-corrected chi connectivity index (χ3v) is 7.07. The standard InChI is InChI=1S/C32H30N4O2/c1-23-10-9-13-25(22-23)33-32(37)30(24-11-3-2-4-12-24)35-18-20-36(21-19-35)31-26-14-5-7-16-28(26)38-29-17-8-6-15-27(29)34-31/h2-17,22,30H,18-21H2,1H3,(H,33,37). The molecular weight excluding hydrogens is 472 g/mol. The molecule has 190 valence electrons. The monoisotopic (exact) mass is 502 g/mol. The van der Waals surface area contributed by atoms with Crippen LogP contribution in [0.5, 0.6) is 11.5 Å². The molecule has 1 unspecified atom stereocenters. The lowest BCUT2D eigenvalue weighted by Crippen LogP contribution is -2.51. The van der Waals surface area contributed by atoms with E-state index in [0.29, 0.717) is 0 Å². The quantitative estimate of drug-likeness (QED) is 0.362. The Balaban J connectivity index is 1.26. The molecule has 4 aromatic rings. The number of para-hydroxylation sites is 3. The highest BCUT2D eigenvalue weighted by Gasteiger charge is 2.32. The van der Waals surface area contributed by atoms with E-state index < -0.39 is 0 Å². The van der Waals surface area contributed by atoms with Crippen LogP contribution in [0.25, 0.3) is 0 Å². The van der Waals surface area contributed by atoms with E-state index in [0.717, 1.165) is 71.6 Å². The lowest BCUT2D eigenvalue weighted by Gasteiger charge is -2.40. The molecular formula is C32H30N4O2. The van der Waals surface area contributed by atoms with E-state index in [2.05, 4.69) is 21.2 Å². The van der Waals surface area contributed by atoms with Crippen molar-refractivity contribution in [3.63, 3.8) is 0 Å². The van der Waals surface area contributed by atoms with Crippen molar-refractivity contribution < 1.29 is 9.53 Å². The van der Waals surface area contributed by atoms with E-state index in [9.17, 15) is 4.79 Å². The van der Waals surface area contributed by atoms with Gasteiger partial charge in [0, 0.05) is 31.9 Å². The van der Waals surface area contributed by atoms with E-state index in [-0.39, 0.29) is 11.9 Å². The fraction of sp³-hybridized carbons (Fsp3) is 0.188. The molecule has 6 rings (SSSR count). The number of nitrogens with zero attached hydrogens (tertiary/aromatic N) is 3. The maximum atomic E-state index is 13.6. The Labute approximate surface area is 223 Å². The zero-order valence-corrected chi connectivity index (χ0v) is 21.4. The number of nitrogens with one attached hydrogen (secondary N) is 1. The van der Waals surface area contributed by atoms with E-state index in [1.165, 1.54) is 0 Å². The molecule has 0 aliphatic carbocycles. The molecule has 6 nitrogen and oxygen atoms in total. The Morgan fingerprint density at radius 3 is 2.32 bits per heavy atom. The zero-order valence-electron chi connectivity index (χ0n) is 21.4. The number of piperazine rings is 1. The molecule has 2 aliphatic heterocycles. The maximum absolute atomic E-state index is 13.6. The van der Waals surface area contributed by atoms with Crippen molar-refractivity contribution in [1.29, 1.82) is 0 Å². The predicted molar refractivity (Wildman–Crippen MR) is 151 cm³/mol. The number of benzene rings is 4. The first-order chi connectivity index (χ1) is 18.7. The summed E-state index contributed by atoms with van der Waals surface area (Å²) in [6.45, 7) is 4.98. The fourth-order valence-electron chi connectivity index (χ4n) is 5.20. The molecule has 1 N–H and O–H groups in total. The van der Waals surface area contributed by atoms with Gasteiger partial charge in [0.15, 0.2) is 5.75 Å². The first-order valence-electron chi connectivity index (χ1n) is 13.0. The zero-order chi connectivity index (χ0) is 25.9. The Bertz CT molecular complexity index is 1480. The largest absolute Gasteiger partial charge is 0.454 e. The average Bonchev–Trinajstić information content (AvgIpc) is 3.11. The lowest BCUT2D eigenvalue weighted by atomic mass is 10.0. The van der Waals surface area contributed by atoms with Crippen LogP contribution in [0, 0.1) is 6.92 Å². The number of hydrogen-bond acceptors (Lipinski definition) is 5. The van der Waals surface area contributed by atoms with Crippen molar-refractivity contribution in [2.24, 2.45) is 4.99 Å². The smallest absolute Gasteiger partial charge is 0.246 e. The molecule has 0 aromatic heterocycles. The molecule has 0 radical (unpaired) electrons. The summed E-state index contributed by atoms with van der Waals surface area (Å²) in [5.74, 6) is 2.45. The summed E-state index contributed by atoms with van der Waals surface area (Å²) in [4.78, 5) is 23.3. The summed E-state index contributed by atoms with van der Waals surface area (Å²) in [6.07, 6.45) is 0. The molecule has 1 saturated heterocycles. The van der Waals surface area contributed by atoms with Crippen molar-refractivity contribution in [3.8, 4) is 11.5 Å². The highest BCUT2D eigenvalue weighted by Crippen LogP contribution is 2.38. The van der Waals surface area contributed by atoms with Crippen LogP contribution in [-0.4, -0.2) is 47.7 Å². The number of ether oxygens (including phenoxy) is 1. The van der Waals surface area contributed by atoms with Crippen LogP contribution in [0.4, 0.5) is 11.4 Å². The van der Waals surface area contributed by atoms with Crippen LogP contribution >= 0.6 is 0 Å². The minimum Gasteiger partial charge on any atom is -0.454 e. The summed E-state index contributed by atoms with van der Waals surface area (Å²) >= 11 is 0. The van der Waals surface area contributed by atoms with E-state index in [4.69, 9.17) is 9.73 Å². The maximum Gasteiger partial charge on any atom is 0.246 e. The van der Waals surface area contributed by atoms with Crippen molar-refractivity contribution in [3.05, 3.63) is 120 Å². The number of rotatable bonds is 4. The summed E-state index contributed by atoms with van der Waals surface area (Å²) in [5, 5.41) is 3.15. The van der Waals surface area contributed by atoms with Gasteiger partial charge >= 0.3 is 0 Å². The van der Waals surface area contributed by atoms with E-state index in [1.807, 2.05) is 104 Å². The topological polar surface area (TPSA) is 57.2 Å². The van der Waals surface area contributed by atoms with E-state index >= 15 is 0 Å². The van der Waals surface area contributed by atoms with Gasteiger partial charge in [0.05, 0.1) is 5.56 Å². The molecule has 2 heterocycles. The number of amides is 1. The minimum absolute atomic E-state index is 0.0188. The molecule has 1 fully saturated rings. The molecule has 1 atom stereocenters. The second kappa shape index (κ2) is 10.5. The average molecular weight is 503 g/mol. The number of anilines is 1. The van der Waals surface area contributed by atoms with Gasteiger partial charge in [-0.25, -0.2) is 4.99 Å². The number of hydrogen-bond donors (Lipinski definition) is 1. The molecule has 2 aliphatic rings. The normalized spacial score (nSPS) is 15.8. The van der Waals surface area contributed by atoms with Crippen LogP contribution in [0.2, 0.25) is 0 Å². The molecule has 0 bridgehead atoms. The Morgan fingerprint density at radius 1 is 0.816 bits per heavy atom. The van der Waals surface area contributed by atoms with Gasteiger partial charge in [0.25, 0.3) is 0 Å². The summed E-state index contributed by atoms with van der Waals surface area (Å²) < 4.78 is 6.23. The van der Waals surface area contributed by atoms with Crippen LogP contribution < -0.4 is 10.1 Å². The summed E-state index contributed by atoms with van der Waals surface area (Å²) in [7, 11) is 0. The Kier molecular flexibility index (Phi) is 6.63. The van der Waals surface area contributed by atoms with Crippen molar-refractivity contribution in [2.75, 3.05) is 31.5 Å². The van der Waals surface area contributed by atoms with Crippen LogP contribution in [0.3, 0.4) is 0 Å². The van der Waals surface area contributed by atoms with Crippen LogP contribution in [0.15, 0.2) is 108 Å². The molecule has 0 spiro atoms. The van der Waals surface area contributed by atoms with E-state index in [1.54, 1.807) is 0 Å². The molecule has 4 aromatic carbocycles. The highest BCUT2D eigenvalue weighted by atomic mass is 16.5. The SMILES string of the molecule is Cc1cccc(NC(=O)C(c2ccccc2)N2CCN(C3=Nc4ccccc4Oc4ccccc43)CC2)c1. The second-order valence-corrected chi connectivity index (χ2v) is 9.70. The highest BCUT2D eigenvalue weighted by molar-refractivity contribution is 6.03. The van der Waals surface area contributed by atoms with Gasteiger partial charge in [-0.15, -0.1) is 0 Å². The Morgan fingerprint density at radius 2 is 1.53 bits per heavy atom. The molecule has 1 amide bonds. The van der Waals surface area contributed by atoms with Gasteiger partial charge in [0.2, 0.25) is 5.91 Å². The summed E-state index contributed by atoms with van der Waals surface area (Å²) in [6, 6.07) is 33.5. The van der Waals surface area contributed by atoms with Gasteiger partial charge in [-0.2, -0.15) is 0 Å². The second-order valence-electron chi connectivity index (χ2n) is 9.70. The summed E-state index contributed by atoms with van der Waals surface area (Å²) in [5.41, 5.74) is 4.72. The number of aryl methyl sites for hydroxylation is 1. The van der Waals surface area contributed by atoms with Crippen LogP contribution in [0.1, 0.15) is 22.7 Å². The van der Waals surface area contributed by atoms with Gasteiger partial charge in [0.1, 0.15) is 23.3 Å². The lowest BCUT2D eigenvalue weighted by molar-refractivity contribution is -0.122. The third-order valence-electron chi connectivity index (χ3n) is 7.07. The number of carbonyl (C=O) groups is 1. The molecule has 0 saturated carbocycles. The number of aliphatic imine (C=N–C) groups is 1. The molecule has 38 heavy (non-hydrogen) atoms. The number of amidine groups is 1. The predicted octanol–water partition coefficient (Wildman–Crippen LogP) is 6.18. The van der Waals surface area contributed by atoms with Gasteiger partial charge in [-0.05, 0) is 54.4 Å². The van der Waals surface area contributed by atoms with Gasteiger partial charge in [-0.1, -0.05) is 66.7 Å². The third kappa shape index (κ3) is 4.91. The Hall–Kier alpha value is -4.42. The van der Waals surface area contributed by atoms with Gasteiger partial charge < -0.3 is 15.0 Å². The first-order valence-corrected chi connectivity index (χ1v) is 13.0. The molecule has 6 heteroatoms. The van der Waals surface area contributed by atoms with Crippen molar-refractivity contribution in [2.45, 2.75) is 13.0 Å². The van der Waals surface area contributed by atoms with Crippen molar-refractivity contribution in [1.82, 2.24) is 9.80 Å². The minimum atomic E-state index is -0.383. The fourth-order valence-corrected chi connectivity index (χ4v) is 5.20.